The van der Waals surface area contributed by atoms with Gasteiger partial charge in [-0.2, -0.15) is 0 Å². The first-order chi connectivity index (χ1) is 12.6. The van der Waals surface area contributed by atoms with Gasteiger partial charge in [0.1, 0.15) is 6.61 Å². The zero-order valence-electron chi connectivity index (χ0n) is 15.0. The summed E-state index contributed by atoms with van der Waals surface area (Å²) in [5, 5.41) is 4.00. The first kappa shape index (κ1) is 18.9. The maximum absolute atomic E-state index is 12.1. The molecule has 2 bridgehead atoms. The average Bonchev–Trinajstić information content (AvgIpc) is 2.64. The fourth-order valence-corrected chi connectivity index (χ4v) is 4.02. The van der Waals surface area contributed by atoms with Gasteiger partial charge in [-0.05, 0) is 37.5 Å². The standard InChI is InChI=1S/C19H25N3O3S/c1-3-8-24-14(2)25-9-7-20-19(26)21-11-15-10-16(13-21)17-5-4-6-18(23)22(17)12-15/h1,4-6,14-16H,7-13H2,2H3,(H,20,26)/t14?,15-,16+/m1/s1. The quantitative estimate of drug-likeness (QED) is 0.348. The monoisotopic (exact) mass is 375 g/mol. The van der Waals surface area contributed by atoms with Crippen molar-refractivity contribution in [2.24, 2.45) is 5.92 Å². The van der Waals surface area contributed by atoms with Crippen LogP contribution in [0.15, 0.2) is 23.0 Å². The van der Waals surface area contributed by atoms with E-state index in [1.165, 1.54) is 0 Å². The molecule has 0 saturated carbocycles. The zero-order valence-corrected chi connectivity index (χ0v) is 15.8. The molecule has 3 atom stereocenters. The molecular weight excluding hydrogens is 350 g/mol. The number of piperidine rings is 1. The molecule has 0 aromatic carbocycles. The Hall–Kier alpha value is -1.88. The van der Waals surface area contributed by atoms with Gasteiger partial charge in [-0.3, -0.25) is 4.79 Å². The van der Waals surface area contributed by atoms with Crippen LogP contribution >= 0.6 is 12.2 Å². The van der Waals surface area contributed by atoms with Gasteiger partial charge in [0, 0.05) is 43.9 Å². The molecular formula is C19H25N3O3S. The second-order valence-corrected chi connectivity index (χ2v) is 7.18. The Morgan fingerprint density at radius 2 is 2.27 bits per heavy atom. The highest BCUT2D eigenvalue weighted by molar-refractivity contribution is 7.80. The molecule has 1 fully saturated rings. The second kappa shape index (κ2) is 8.67. The number of nitrogens with zero attached hydrogens (tertiary/aromatic N) is 2. The van der Waals surface area contributed by atoms with Gasteiger partial charge in [-0.25, -0.2) is 0 Å². The van der Waals surface area contributed by atoms with Crippen molar-refractivity contribution < 1.29 is 9.47 Å². The number of nitrogens with one attached hydrogen (secondary N) is 1. The lowest BCUT2D eigenvalue weighted by Gasteiger charge is -2.43. The van der Waals surface area contributed by atoms with Crippen LogP contribution in [0.2, 0.25) is 0 Å². The molecule has 6 nitrogen and oxygen atoms in total. The Balaban J connectivity index is 1.49. The Morgan fingerprint density at radius 3 is 3.08 bits per heavy atom. The van der Waals surface area contributed by atoms with E-state index in [1.807, 2.05) is 17.6 Å². The molecule has 1 saturated heterocycles. The minimum atomic E-state index is -0.328. The Kier molecular flexibility index (Phi) is 6.30. The van der Waals surface area contributed by atoms with E-state index >= 15 is 0 Å². The molecule has 0 aliphatic carbocycles. The molecule has 3 heterocycles. The maximum Gasteiger partial charge on any atom is 0.250 e. The number of ether oxygens (including phenoxy) is 2. The number of fused-ring (bicyclic) bond motifs is 4. The molecule has 0 amide bonds. The summed E-state index contributed by atoms with van der Waals surface area (Å²) in [6.07, 6.45) is 5.94. The van der Waals surface area contributed by atoms with Crippen molar-refractivity contribution in [2.45, 2.75) is 32.1 Å². The predicted octanol–water partition coefficient (Wildman–Crippen LogP) is 1.15. The lowest BCUT2D eigenvalue weighted by molar-refractivity contribution is -0.119. The molecule has 3 rings (SSSR count). The van der Waals surface area contributed by atoms with Crippen LogP contribution in [0.25, 0.3) is 0 Å². The molecule has 2 aliphatic rings. The van der Waals surface area contributed by atoms with Crippen LogP contribution in [0, 0.1) is 18.3 Å². The summed E-state index contributed by atoms with van der Waals surface area (Å²) >= 11 is 5.56. The van der Waals surface area contributed by atoms with E-state index in [4.69, 9.17) is 28.1 Å². The van der Waals surface area contributed by atoms with Crippen LogP contribution < -0.4 is 10.9 Å². The topological polar surface area (TPSA) is 55.7 Å². The van der Waals surface area contributed by atoms with E-state index in [9.17, 15) is 4.79 Å². The lowest BCUT2D eigenvalue weighted by atomic mass is 9.83. The van der Waals surface area contributed by atoms with Crippen molar-refractivity contribution in [1.29, 1.82) is 0 Å². The number of terminal acetylenes is 1. The van der Waals surface area contributed by atoms with Crippen molar-refractivity contribution in [2.75, 3.05) is 32.8 Å². The smallest absolute Gasteiger partial charge is 0.250 e. The first-order valence-corrected chi connectivity index (χ1v) is 9.38. The van der Waals surface area contributed by atoms with E-state index in [1.54, 1.807) is 6.07 Å². The number of rotatable bonds is 6. The van der Waals surface area contributed by atoms with E-state index < -0.39 is 0 Å². The van der Waals surface area contributed by atoms with Crippen LogP contribution in [0.4, 0.5) is 0 Å². The molecule has 0 spiro atoms. The van der Waals surface area contributed by atoms with Crippen LogP contribution in [0.5, 0.6) is 0 Å². The maximum atomic E-state index is 12.1. The lowest BCUT2D eigenvalue weighted by Crippen LogP contribution is -2.52. The van der Waals surface area contributed by atoms with Gasteiger partial charge < -0.3 is 24.3 Å². The van der Waals surface area contributed by atoms with Crippen molar-refractivity contribution in [3.8, 4) is 12.3 Å². The van der Waals surface area contributed by atoms with Gasteiger partial charge in [-0.1, -0.05) is 12.0 Å². The molecule has 140 valence electrons. The van der Waals surface area contributed by atoms with Crippen molar-refractivity contribution in [1.82, 2.24) is 14.8 Å². The largest absolute Gasteiger partial charge is 0.360 e. The molecule has 26 heavy (non-hydrogen) atoms. The summed E-state index contributed by atoms with van der Waals surface area (Å²) in [6.45, 7) is 5.67. The van der Waals surface area contributed by atoms with Gasteiger partial charge in [0.25, 0.3) is 5.56 Å². The number of likely N-dealkylation sites (tertiary alicyclic amines) is 1. The molecule has 1 N–H and O–H groups in total. The summed E-state index contributed by atoms with van der Waals surface area (Å²) in [6, 6.07) is 5.56. The van der Waals surface area contributed by atoms with Gasteiger partial charge >= 0.3 is 0 Å². The van der Waals surface area contributed by atoms with Crippen LogP contribution in [0.1, 0.15) is 25.0 Å². The molecule has 7 heteroatoms. The summed E-state index contributed by atoms with van der Waals surface area (Å²) in [5.41, 5.74) is 1.23. The van der Waals surface area contributed by atoms with Crippen molar-refractivity contribution in [3.63, 3.8) is 0 Å². The average molecular weight is 375 g/mol. The number of hydrogen-bond acceptors (Lipinski definition) is 4. The molecule has 2 aliphatic heterocycles. The van der Waals surface area contributed by atoms with E-state index in [-0.39, 0.29) is 18.5 Å². The van der Waals surface area contributed by atoms with Crippen molar-refractivity contribution in [3.05, 3.63) is 34.2 Å². The summed E-state index contributed by atoms with van der Waals surface area (Å²) in [5.74, 6) is 3.22. The zero-order chi connectivity index (χ0) is 18.5. The van der Waals surface area contributed by atoms with Crippen LogP contribution in [-0.2, 0) is 16.0 Å². The van der Waals surface area contributed by atoms with Gasteiger partial charge in [0.15, 0.2) is 11.4 Å². The fraction of sp³-hybridized carbons (Fsp3) is 0.579. The predicted molar refractivity (Wildman–Crippen MR) is 104 cm³/mol. The summed E-state index contributed by atoms with van der Waals surface area (Å²) < 4.78 is 12.7. The van der Waals surface area contributed by atoms with E-state index in [2.05, 4.69) is 22.2 Å². The molecule has 1 aromatic heterocycles. The summed E-state index contributed by atoms with van der Waals surface area (Å²) in [7, 11) is 0. The number of aromatic nitrogens is 1. The molecule has 0 radical (unpaired) electrons. The minimum absolute atomic E-state index is 0.102. The number of pyridine rings is 1. The molecule has 1 aromatic rings. The number of thiocarbonyl (C=S) groups is 1. The minimum Gasteiger partial charge on any atom is -0.360 e. The second-order valence-electron chi connectivity index (χ2n) is 6.79. The Labute approximate surface area is 159 Å². The first-order valence-electron chi connectivity index (χ1n) is 8.97. The molecule has 1 unspecified atom stereocenters. The summed E-state index contributed by atoms with van der Waals surface area (Å²) in [4.78, 5) is 14.3. The highest BCUT2D eigenvalue weighted by Gasteiger charge is 2.35. The van der Waals surface area contributed by atoms with Gasteiger partial charge in [0.05, 0.1) is 6.61 Å². The third-order valence-corrected chi connectivity index (χ3v) is 5.30. The van der Waals surface area contributed by atoms with Gasteiger partial charge in [-0.15, -0.1) is 6.42 Å². The van der Waals surface area contributed by atoms with Crippen LogP contribution in [0.3, 0.4) is 0 Å². The van der Waals surface area contributed by atoms with Gasteiger partial charge in [0.2, 0.25) is 0 Å². The van der Waals surface area contributed by atoms with Crippen molar-refractivity contribution >= 4 is 17.3 Å². The third-order valence-electron chi connectivity index (χ3n) is 4.90. The normalized spacial score (nSPS) is 22.2. The highest BCUT2D eigenvalue weighted by atomic mass is 32.1. The third kappa shape index (κ3) is 4.44. The van der Waals surface area contributed by atoms with E-state index in [0.717, 1.165) is 36.9 Å². The highest BCUT2D eigenvalue weighted by Crippen LogP contribution is 2.34. The van der Waals surface area contributed by atoms with Crippen LogP contribution in [-0.4, -0.2) is 53.7 Å². The number of hydrogen-bond donors (Lipinski definition) is 1. The Bertz CT molecular complexity index is 742. The Morgan fingerprint density at radius 1 is 1.42 bits per heavy atom. The fourth-order valence-electron chi connectivity index (χ4n) is 3.77. The SMILES string of the molecule is C#CCOC(C)OCCNC(=S)N1C[C@H]2C[C@@H](C1)c1cccc(=O)n1C2. The van der Waals surface area contributed by atoms with E-state index in [0.29, 0.717) is 25.0 Å².